The Balaban J connectivity index is 1.80. The molecule has 0 fully saturated rings. The minimum Gasteiger partial charge on any atom is -0.497 e. The summed E-state index contributed by atoms with van der Waals surface area (Å²) in [5.74, 6) is 0.980. The zero-order valence-electron chi connectivity index (χ0n) is 19.4. The number of carbonyl (C=O) groups is 1. The lowest BCUT2D eigenvalue weighted by Crippen LogP contribution is -2.30. The smallest absolute Gasteiger partial charge is 0.251 e. The van der Waals surface area contributed by atoms with Gasteiger partial charge < -0.3 is 14.8 Å². The van der Waals surface area contributed by atoms with Gasteiger partial charge in [0.15, 0.2) is 0 Å². The fourth-order valence-electron chi connectivity index (χ4n) is 3.50. The van der Waals surface area contributed by atoms with Crippen LogP contribution in [-0.2, 0) is 16.6 Å². The number of nitrogens with one attached hydrogen (secondary N) is 1. The van der Waals surface area contributed by atoms with Crippen LogP contribution in [0.1, 0.15) is 34.5 Å². The number of carbonyl (C=O) groups excluding carboxylic acids is 1. The number of amides is 1. The van der Waals surface area contributed by atoms with E-state index in [2.05, 4.69) is 5.32 Å². The second kappa shape index (κ2) is 10.8. The van der Waals surface area contributed by atoms with Gasteiger partial charge in [-0.3, -0.25) is 9.10 Å². The summed E-state index contributed by atoms with van der Waals surface area (Å²) >= 11 is 6.22. The van der Waals surface area contributed by atoms with Gasteiger partial charge in [-0.05, 0) is 61.0 Å². The number of methoxy groups -OCH3 is 2. The van der Waals surface area contributed by atoms with Crippen molar-refractivity contribution in [2.75, 3.05) is 24.8 Å². The number of rotatable bonds is 9. The third kappa shape index (κ3) is 6.01. The summed E-state index contributed by atoms with van der Waals surface area (Å²) in [4.78, 5) is 12.9. The van der Waals surface area contributed by atoms with Crippen LogP contribution in [0, 0.1) is 0 Å². The molecule has 1 amide bonds. The molecule has 0 aliphatic carbocycles. The van der Waals surface area contributed by atoms with Gasteiger partial charge in [-0.2, -0.15) is 0 Å². The van der Waals surface area contributed by atoms with Crippen LogP contribution < -0.4 is 19.1 Å². The van der Waals surface area contributed by atoms with Crippen molar-refractivity contribution >= 4 is 33.2 Å². The van der Waals surface area contributed by atoms with Gasteiger partial charge in [-0.25, -0.2) is 8.42 Å². The Morgan fingerprint density at radius 2 is 1.71 bits per heavy atom. The molecule has 180 valence electrons. The van der Waals surface area contributed by atoms with Crippen molar-refractivity contribution in [2.45, 2.75) is 19.5 Å². The van der Waals surface area contributed by atoms with E-state index in [1.54, 1.807) is 74.9 Å². The van der Waals surface area contributed by atoms with Gasteiger partial charge in [0, 0.05) is 16.1 Å². The molecule has 0 heterocycles. The SMILES string of the molecule is COc1ccc(OC)c(C(C)NC(=O)c2ccc(N(Cc3ccccc3Cl)S(C)(=O)=O)cc2)c1. The Bertz CT molecular complexity index is 1260. The quantitative estimate of drug-likeness (QED) is 0.453. The molecule has 0 spiro atoms. The Morgan fingerprint density at radius 1 is 1.03 bits per heavy atom. The van der Waals surface area contributed by atoms with Crippen LogP contribution in [0.25, 0.3) is 0 Å². The van der Waals surface area contributed by atoms with Gasteiger partial charge in [-0.15, -0.1) is 0 Å². The van der Waals surface area contributed by atoms with Crippen molar-refractivity contribution in [1.82, 2.24) is 5.32 Å². The molecular formula is C25H27ClN2O5S. The first kappa shape index (κ1) is 25.4. The van der Waals surface area contributed by atoms with E-state index < -0.39 is 10.0 Å². The highest BCUT2D eigenvalue weighted by molar-refractivity contribution is 7.92. The third-order valence-corrected chi connectivity index (χ3v) is 6.85. The Morgan fingerprint density at radius 3 is 2.29 bits per heavy atom. The molecule has 1 unspecified atom stereocenters. The predicted molar refractivity (Wildman–Crippen MR) is 134 cm³/mol. The van der Waals surface area contributed by atoms with Crippen LogP contribution in [0.4, 0.5) is 5.69 Å². The van der Waals surface area contributed by atoms with E-state index >= 15 is 0 Å². The minimum atomic E-state index is -3.59. The van der Waals surface area contributed by atoms with Crippen molar-refractivity contribution in [3.63, 3.8) is 0 Å². The minimum absolute atomic E-state index is 0.0801. The second-order valence-corrected chi connectivity index (χ2v) is 10.0. The first-order chi connectivity index (χ1) is 16.1. The Kier molecular flexibility index (Phi) is 8.06. The number of halogens is 1. The van der Waals surface area contributed by atoms with E-state index in [1.807, 2.05) is 13.0 Å². The number of ether oxygens (including phenoxy) is 2. The molecule has 3 aromatic carbocycles. The van der Waals surface area contributed by atoms with Gasteiger partial charge in [-0.1, -0.05) is 29.8 Å². The molecule has 0 saturated heterocycles. The summed E-state index contributed by atoms with van der Waals surface area (Å²) in [7, 11) is -0.451. The van der Waals surface area contributed by atoms with E-state index in [1.165, 1.54) is 4.31 Å². The monoisotopic (exact) mass is 502 g/mol. The molecule has 0 aromatic heterocycles. The van der Waals surface area contributed by atoms with Crippen LogP contribution in [0.2, 0.25) is 5.02 Å². The van der Waals surface area contributed by atoms with Crippen molar-refractivity contribution in [3.8, 4) is 11.5 Å². The number of nitrogens with zero attached hydrogens (tertiary/aromatic N) is 1. The summed E-state index contributed by atoms with van der Waals surface area (Å²) in [5.41, 5.74) is 2.28. The van der Waals surface area contributed by atoms with Gasteiger partial charge >= 0.3 is 0 Å². The Hall–Kier alpha value is -3.23. The maximum atomic E-state index is 12.9. The van der Waals surface area contributed by atoms with Crippen molar-refractivity contribution in [2.24, 2.45) is 0 Å². The van der Waals surface area contributed by atoms with E-state index in [0.717, 1.165) is 11.8 Å². The largest absolute Gasteiger partial charge is 0.497 e. The molecule has 1 N–H and O–H groups in total. The van der Waals surface area contributed by atoms with Gasteiger partial charge in [0.2, 0.25) is 10.0 Å². The maximum absolute atomic E-state index is 12.9. The lowest BCUT2D eigenvalue weighted by Gasteiger charge is -2.23. The van der Waals surface area contributed by atoms with E-state index in [0.29, 0.717) is 33.3 Å². The summed E-state index contributed by atoms with van der Waals surface area (Å²) in [6.45, 7) is 1.93. The summed E-state index contributed by atoms with van der Waals surface area (Å²) < 4.78 is 36.9. The van der Waals surface area contributed by atoms with Crippen molar-refractivity contribution < 1.29 is 22.7 Å². The topological polar surface area (TPSA) is 84.9 Å². The molecule has 0 radical (unpaired) electrons. The van der Waals surface area contributed by atoms with Crippen LogP contribution in [0.3, 0.4) is 0 Å². The second-order valence-electron chi connectivity index (χ2n) is 7.71. The third-order valence-electron chi connectivity index (χ3n) is 5.34. The summed E-state index contributed by atoms with van der Waals surface area (Å²) in [6, 6.07) is 18.5. The van der Waals surface area contributed by atoms with Crippen LogP contribution in [0.5, 0.6) is 11.5 Å². The zero-order valence-corrected chi connectivity index (χ0v) is 21.0. The van der Waals surface area contributed by atoms with Crippen molar-refractivity contribution in [3.05, 3.63) is 88.4 Å². The van der Waals surface area contributed by atoms with E-state index in [4.69, 9.17) is 21.1 Å². The highest BCUT2D eigenvalue weighted by Crippen LogP contribution is 2.30. The lowest BCUT2D eigenvalue weighted by molar-refractivity contribution is 0.0939. The fourth-order valence-corrected chi connectivity index (χ4v) is 4.57. The molecule has 34 heavy (non-hydrogen) atoms. The van der Waals surface area contributed by atoms with Crippen molar-refractivity contribution in [1.29, 1.82) is 0 Å². The highest BCUT2D eigenvalue weighted by Gasteiger charge is 2.20. The molecule has 0 aliphatic rings. The molecule has 3 rings (SSSR count). The zero-order chi connectivity index (χ0) is 24.9. The highest BCUT2D eigenvalue weighted by atomic mass is 35.5. The standard InChI is InChI=1S/C25H27ClN2O5S/c1-17(22-15-21(32-2)13-14-24(22)33-3)27-25(29)18-9-11-20(12-10-18)28(34(4,30)31)16-19-7-5-6-8-23(19)26/h5-15,17H,16H2,1-4H3,(H,27,29). The van der Waals surface area contributed by atoms with Gasteiger partial charge in [0.25, 0.3) is 5.91 Å². The molecule has 0 saturated carbocycles. The predicted octanol–water partition coefficient (Wildman–Crippen LogP) is 4.81. The normalized spacial score (nSPS) is 12.0. The molecule has 7 nitrogen and oxygen atoms in total. The van der Waals surface area contributed by atoms with E-state index in [9.17, 15) is 13.2 Å². The lowest BCUT2D eigenvalue weighted by atomic mass is 10.1. The summed E-state index contributed by atoms with van der Waals surface area (Å²) in [6.07, 6.45) is 1.13. The first-order valence-corrected chi connectivity index (χ1v) is 12.7. The molecular weight excluding hydrogens is 476 g/mol. The fraction of sp³-hybridized carbons (Fsp3) is 0.240. The molecule has 0 bridgehead atoms. The maximum Gasteiger partial charge on any atom is 0.251 e. The number of hydrogen-bond acceptors (Lipinski definition) is 5. The molecule has 0 aliphatic heterocycles. The van der Waals surface area contributed by atoms with Crippen LogP contribution in [0.15, 0.2) is 66.7 Å². The van der Waals surface area contributed by atoms with Crippen LogP contribution >= 0.6 is 11.6 Å². The first-order valence-electron chi connectivity index (χ1n) is 10.5. The van der Waals surface area contributed by atoms with E-state index in [-0.39, 0.29) is 18.5 Å². The molecule has 9 heteroatoms. The number of sulfonamides is 1. The average molecular weight is 503 g/mol. The number of benzene rings is 3. The molecule has 1 atom stereocenters. The van der Waals surface area contributed by atoms with Crippen LogP contribution in [-0.4, -0.2) is 34.8 Å². The number of anilines is 1. The summed E-state index contributed by atoms with van der Waals surface area (Å²) in [5, 5.41) is 3.42. The van der Waals surface area contributed by atoms with Gasteiger partial charge in [0.1, 0.15) is 11.5 Å². The Labute approximate surface area is 205 Å². The molecule has 3 aromatic rings. The average Bonchev–Trinajstić information content (AvgIpc) is 2.82. The van der Waals surface area contributed by atoms with Gasteiger partial charge in [0.05, 0.1) is 38.7 Å². The number of hydrogen-bond donors (Lipinski definition) is 1.